The molecule has 0 aliphatic carbocycles. The number of carbonyl (C=O) groups excluding carboxylic acids is 1. The summed E-state index contributed by atoms with van der Waals surface area (Å²) >= 11 is 5.46. The molecule has 0 saturated carbocycles. The Kier molecular flexibility index (Phi) is 2.49. The zero-order valence-corrected chi connectivity index (χ0v) is 8.86. The van der Waals surface area contributed by atoms with Gasteiger partial charge in [-0.2, -0.15) is 0 Å². The van der Waals surface area contributed by atoms with Gasteiger partial charge in [0.15, 0.2) is 5.78 Å². The van der Waals surface area contributed by atoms with E-state index in [0.717, 1.165) is 5.52 Å². The van der Waals surface area contributed by atoms with Crippen LogP contribution in [-0.4, -0.2) is 16.6 Å². The molecule has 0 spiro atoms. The Balaban J connectivity index is 2.69. The average Bonchev–Trinajstić information content (AvgIpc) is 2.61. The minimum Gasteiger partial charge on any atom is -0.360 e. The van der Waals surface area contributed by atoms with E-state index >= 15 is 0 Å². The summed E-state index contributed by atoms with van der Waals surface area (Å²) in [5, 5.41) is 0.587. The van der Waals surface area contributed by atoms with Crippen LogP contribution >= 0.6 is 11.6 Å². The molecule has 4 heteroatoms. The number of benzene rings is 1. The monoisotopic (exact) mass is 225 g/mol. The van der Waals surface area contributed by atoms with Gasteiger partial charge in [0, 0.05) is 22.7 Å². The van der Waals surface area contributed by atoms with E-state index in [0.29, 0.717) is 16.5 Å². The first-order valence-electron chi connectivity index (χ1n) is 4.50. The van der Waals surface area contributed by atoms with Crippen molar-refractivity contribution in [1.29, 1.82) is 0 Å². The molecule has 0 saturated heterocycles. The number of halogens is 2. The Morgan fingerprint density at radius 1 is 1.53 bits per heavy atom. The Hall–Kier alpha value is -1.35. The first-order chi connectivity index (χ1) is 7.13. The van der Waals surface area contributed by atoms with Crippen LogP contribution in [0.5, 0.6) is 0 Å². The summed E-state index contributed by atoms with van der Waals surface area (Å²) < 4.78 is 13.3. The third-order valence-corrected chi connectivity index (χ3v) is 2.63. The predicted octanol–water partition coefficient (Wildman–Crippen LogP) is 3.04. The van der Waals surface area contributed by atoms with Crippen LogP contribution in [-0.2, 0) is 0 Å². The topological polar surface area (TPSA) is 32.9 Å². The lowest BCUT2D eigenvalue weighted by atomic mass is 10.1. The van der Waals surface area contributed by atoms with Crippen molar-refractivity contribution < 1.29 is 9.18 Å². The largest absolute Gasteiger partial charge is 0.360 e. The van der Waals surface area contributed by atoms with Gasteiger partial charge in [-0.05, 0) is 24.6 Å². The predicted molar refractivity (Wildman–Crippen MR) is 58.0 cm³/mol. The SMILES string of the molecule is Cc1cc2[nH]cc(C(=O)CCl)c2cc1F. The molecule has 0 unspecified atom stereocenters. The summed E-state index contributed by atoms with van der Waals surface area (Å²) in [4.78, 5) is 14.3. The molecule has 0 amide bonds. The van der Waals surface area contributed by atoms with Crippen LogP contribution in [0.4, 0.5) is 4.39 Å². The summed E-state index contributed by atoms with van der Waals surface area (Å²) in [6.07, 6.45) is 1.56. The molecular weight excluding hydrogens is 217 g/mol. The fourth-order valence-electron chi connectivity index (χ4n) is 1.55. The molecule has 0 aliphatic rings. The van der Waals surface area contributed by atoms with Gasteiger partial charge in [0.1, 0.15) is 5.82 Å². The van der Waals surface area contributed by atoms with Crippen LogP contribution in [0.25, 0.3) is 10.9 Å². The third-order valence-electron chi connectivity index (χ3n) is 2.38. The van der Waals surface area contributed by atoms with E-state index < -0.39 is 0 Å². The maximum atomic E-state index is 13.3. The summed E-state index contributed by atoms with van der Waals surface area (Å²) in [7, 11) is 0. The van der Waals surface area contributed by atoms with Crippen molar-refractivity contribution in [3.05, 3.63) is 35.3 Å². The van der Waals surface area contributed by atoms with Crippen molar-refractivity contribution in [2.75, 3.05) is 5.88 Å². The molecule has 0 bridgehead atoms. The number of hydrogen-bond donors (Lipinski definition) is 1. The number of H-pyrrole nitrogens is 1. The van der Waals surface area contributed by atoms with E-state index in [1.807, 2.05) is 0 Å². The van der Waals surface area contributed by atoms with E-state index in [4.69, 9.17) is 11.6 Å². The van der Waals surface area contributed by atoms with Crippen LogP contribution in [0.15, 0.2) is 18.3 Å². The zero-order valence-electron chi connectivity index (χ0n) is 8.10. The highest BCUT2D eigenvalue weighted by Crippen LogP contribution is 2.22. The van der Waals surface area contributed by atoms with Crippen molar-refractivity contribution in [2.45, 2.75) is 6.92 Å². The number of nitrogens with one attached hydrogen (secondary N) is 1. The molecule has 0 radical (unpaired) electrons. The van der Waals surface area contributed by atoms with Gasteiger partial charge in [-0.25, -0.2) is 4.39 Å². The highest BCUT2D eigenvalue weighted by Gasteiger charge is 2.12. The molecule has 0 atom stereocenters. The molecule has 2 nitrogen and oxygen atoms in total. The third kappa shape index (κ3) is 1.63. The molecule has 1 N–H and O–H groups in total. The number of alkyl halides is 1. The summed E-state index contributed by atoms with van der Waals surface area (Å²) in [5.41, 5.74) is 1.75. The van der Waals surface area contributed by atoms with Gasteiger partial charge in [-0.3, -0.25) is 4.79 Å². The van der Waals surface area contributed by atoms with E-state index in [1.165, 1.54) is 6.07 Å². The van der Waals surface area contributed by atoms with E-state index in [2.05, 4.69) is 4.98 Å². The number of fused-ring (bicyclic) bond motifs is 1. The maximum absolute atomic E-state index is 13.3. The second-order valence-corrected chi connectivity index (χ2v) is 3.67. The molecule has 78 valence electrons. The molecule has 0 fully saturated rings. The second kappa shape index (κ2) is 3.66. The summed E-state index contributed by atoms with van der Waals surface area (Å²) in [6, 6.07) is 3.04. The minimum absolute atomic E-state index is 0.0948. The molecule has 1 aromatic carbocycles. The first kappa shape index (κ1) is 10.2. The quantitative estimate of drug-likeness (QED) is 0.619. The van der Waals surface area contributed by atoms with Crippen LogP contribution < -0.4 is 0 Å². The van der Waals surface area contributed by atoms with Crippen LogP contribution in [0.3, 0.4) is 0 Å². The molecule has 2 aromatic rings. The van der Waals surface area contributed by atoms with Crippen LogP contribution in [0, 0.1) is 12.7 Å². The normalized spacial score (nSPS) is 10.9. The van der Waals surface area contributed by atoms with Crippen molar-refractivity contribution >= 4 is 28.3 Å². The number of rotatable bonds is 2. The van der Waals surface area contributed by atoms with Crippen LogP contribution in [0.1, 0.15) is 15.9 Å². The van der Waals surface area contributed by atoms with Gasteiger partial charge in [0.25, 0.3) is 0 Å². The van der Waals surface area contributed by atoms with Gasteiger partial charge in [0.05, 0.1) is 5.88 Å². The molecule has 0 aliphatic heterocycles. The minimum atomic E-state index is -0.314. The van der Waals surface area contributed by atoms with Crippen molar-refractivity contribution in [3.63, 3.8) is 0 Å². The van der Waals surface area contributed by atoms with Gasteiger partial charge in [-0.15, -0.1) is 11.6 Å². The zero-order chi connectivity index (χ0) is 11.0. The molecule has 2 rings (SSSR count). The summed E-state index contributed by atoms with van der Waals surface area (Å²) in [6.45, 7) is 1.68. The fraction of sp³-hybridized carbons (Fsp3) is 0.182. The fourth-order valence-corrected chi connectivity index (χ4v) is 1.70. The highest BCUT2D eigenvalue weighted by molar-refractivity contribution is 6.31. The number of ketones is 1. The Morgan fingerprint density at radius 2 is 2.27 bits per heavy atom. The average molecular weight is 226 g/mol. The Bertz CT molecular complexity index is 533. The van der Waals surface area contributed by atoms with E-state index in [-0.39, 0.29) is 17.5 Å². The Labute approximate surface area is 91.0 Å². The maximum Gasteiger partial charge on any atom is 0.179 e. The number of hydrogen-bond acceptors (Lipinski definition) is 1. The lowest BCUT2D eigenvalue weighted by Gasteiger charge is -1.98. The molecule has 1 aromatic heterocycles. The number of aromatic amines is 1. The molecule has 15 heavy (non-hydrogen) atoms. The Morgan fingerprint density at radius 3 is 2.93 bits per heavy atom. The van der Waals surface area contributed by atoms with Gasteiger partial charge < -0.3 is 4.98 Å². The number of aromatic nitrogens is 1. The standard InChI is InChI=1S/C11H9ClFNO/c1-6-2-10-7(3-9(6)13)8(5-14-10)11(15)4-12/h2-3,5,14H,4H2,1H3. The lowest BCUT2D eigenvalue weighted by Crippen LogP contribution is -1.98. The molecular formula is C11H9ClFNO. The van der Waals surface area contributed by atoms with Crippen molar-refractivity contribution in [2.24, 2.45) is 0 Å². The number of Topliss-reactive ketones (excluding diaryl/α,β-unsaturated/α-hetero) is 1. The van der Waals surface area contributed by atoms with Gasteiger partial charge in [0.2, 0.25) is 0 Å². The van der Waals surface area contributed by atoms with Crippen LogP contribution in [0.2, 0.25) is 0 Å². The number of aryl methyl sites for hydroxylation is 1. The highest BCUT2D eigenvalue weighted by atomic mass is 35.5. The lowest BCUT2D eigenvalue weighted by molar-refractivity contribution is 0.102. The number of carbonyl (C=O) groups is 1. The van der Waals surface area contributed by atoms with E-state index in [9.17, 15) is 9.18 Å². The van der Waals surface area contributed by atoms with Gasteiger partial charge in [-0.1, -0.05) is 0 Å². The molecule has 1 heterocycles. The first-order valence-corrected chi connectivity index (χ1v) is 5.03. The smallest absolute Gasteiger partial charge is 0.179 e. The van der Waals surface area contributed by atoms with Gasteiger partial charge >= 0.3 is 0 Å². The summed E-state index contributed by atoms with van der Waals surface area (Å²) in [5.74, 6) is -0.612. The second-order valence-electron chi connectivity index (χ2n) is 3.41. The van der Waals surface area contributed by atoms with E-state index in [1.54, 1.807) is 19.2 Å². The van der Waals surface area contributed by atoms with Crippen molar-refractivity contribution in [1.82, 2.24) is 4.98 Å². The van der Waals surface area contributed by atoms with Crippen molar-refractivity contribution in [3.8, 4) is 0 Å².